The van der Waals surface area contributed by atoms with Gasteiger partial charge in [0.05, 0.1) is 5.69 Å². The molecule has 3 heteroatoms. The number of nitrogens with zero attached hydrogens (tertiary/aromatic N) is 2. The van der Waals surface area contributed by atoms with Gasteiger partial charge in [0.25, 0.3) is 0 Å². The monoisotopic (exact) mass is 234 g/mol. The number of ketones is 1. The van der Waals surface area contributed by atoms with E-state index >= 15 is 0 Å². The first-order chi connectivity index (χ1) is 8.07. The van der Waals surface area contributed by atoms with Crippen LogP contribution in [0.4, 0.5) is 0 Å². The van der Waals surface area contributed by atoms with E-state index in [1.807, 2.05) is 24.7 Å². The van der Waals surface area contributed by atoms with Crippen LogP contribution in [0.1, 0.15) is 50.4 Å². The topological polar surface area (TPSA) is 34.9 Å². The van der Waals surface area contributed by atoms with Crippen LogP contribution >= 0.6 is 0 Å². The van der Waals surface area contributed by atoms with Gasteiger partial charge < -0.3 is 0 Å². The third-order valence-corrected chi connectivity index (χ3v) is 4.27. The van der Waals surface area contributed by atoms with Crippen molar-refractivity contribution >= 4 is 5.78 Å². The molecule has 17 heavy (non-hydrogen) atoms. The zero-order chi connectivity index (χ0) is 12.5. The number of aryl methyl sites for hydroxylation is 2. The van der Waals surface area contributed by atoms with Crippen molar-refractivity contribution in [1.29, 1.82) is 0 Å². The SMILES string of the molecule is CCC1(C(=O)Cc2cc(C)nn2C)CCCC1. The van der Waals surface area contributed by atoms with Gasteiger partial charge in [0.2, 0.25) is 0 Å². The maximum Gasteiger partial charge on any atom is 0.144 e. The Morgan fingerprint density at radius 3 is 2.59 bits per heavy atom. The van der Waals surface area contributed by atoms with E-state index in [2.05, 4.69) is 12.0 Å². The van der Waals surface area contributed by atoms with Gasteiger partial charge in [0.15, 0.2) is 0 Å². The lowest BCUT2D eigenvalue weighted by Gasteiger charge is -2.25. The van der Waals surface area contributed by atoms with Crippen molar-refractivity contribution in [3.63, 3.8) is 0 Å². The van der Waals surface area contributed by atoms with Crippen LogP contribution in [0.15, 0.2) is 6.07 Å². The smallest absolute Gasteiger partial charge is 0.144 e. The molecule has 0 radical (unpaired) electrons. The standard InChI is InChI=1S/C14H22N2O/c1-4-14(7-5-6-8-14)13(17)10-12-9-11(2)15-16(12)3/h9H,4-8,10H2,1-3H3. The summed E-state index contributed by atoms with van der Waals surface area (Å²) in [4.78, 5) is 12.5. The molecule has 0 aromatic carbocycles. The maximum absolute atomic E-state index is 12.5. The molecule has 0 aliphatic heterocycles. The van der Waals surface area contributed by atoms with Crippen LogP contribution in [0.2, 0.25) is 0 Å². The summed E-state index contributed by atoms with van der Waals surface area (Å²) < 4.78 is 1.84. The summed E-state index contributed by atoms with van der Waals surface area (Å²) in [5, 5.41) is 4.30. The Bertz CT molecular complexity index is 414. The Kier molecular flexibility index (Phi) is 3.36. The predicted molar refractivity (Wildman–Crippen MR) is 67.8 cm³/mol. The molecular weight excluding hydrogens is 212 g/mol. The zero-order valence-corrected chi connectivity index (χ0v) is 11.1. The van der Waals surface area contributed by atoms with Gasteiger partial charge in [-0.1, -0.05) is 19.8 Å². The van der Waals surface area contributed by atoms with Crippen LogP contribution < -0.4 is 0 Å². The Hall–Kier alpha value is -1.12. The van der Waals surface area contributed by atoms with E-state index in [0.29, 0.717) is 12.2 Å². The molecule has 3 nitrogen and oxygen atoms in total. The van der Waals surface area contributed by atoms with Gasteiger partial charge in [0, 0.05) is 24.6 Å². The Balaban J connectivity index is 2.13. The number of hydrogen-bond donors (Lipinski definition) is 0. The van der Waals surface area contributed by atoms with Crippen molar-refractivity contribution in [3.8, 4) is 0 Å². The van der Waals surface area contributed by atoms with Crippen molar-refractivity contribution in [2.75, 3.05) is 0 Å². The Labute approximate surface area is 103 Å². The molecule has 1 aliphatic rings. The number of Topliss-reactive ketones (excluding diaryl/α,β-unsaturated/α-hetero) is 1. The number of carbonyl (C=O) groups excluding carboxylic acids is 1. The average Bonchev–Trinajstić information content (AvgIpc) is 2.87. The highest BCUT2D eigenvalue weighted by Gasteiger charge is 2.38. The third-order valence-electron chi connectivity index (χ3n) is 4.27. The fraction of sp³-hybridized carbons (Fsp3) is 0.714. The minimum atomic E-state index is -0.0296. The average molecular weight is 234 g/mol. The predicted octanol–water partition coefficient (Wildman–Crippen LogP) is 2.81. The first-order valence-corrected chi connectivity index (χ1v) is 6.60. The summed E-state index contributed by atoms with van der Waals surface area (Å²) in [7, 11) is 1.92. The van der Waals surface area contributed by atoms with Gasteiger partial charge in [0.1, 0.15) is 5.78 Å². The van der Waals surface area contributed by atoms with Crippen LogP contribution in [0.5, 0.6) is 0 Å². The molecule has 1 fully saturated rings. The lowest BCUT2D eigenvalue weighted by atomic mass is 9.77. The van der Waals surface area contributed by atoms with Gasteiger partial charge in [-0.2, -0.15) is 5.10 Å². The second kappa shape index (κ2) is 4.63. The molecule has 0 amide bonds. The molecule has 1 aromatic heterocycles. The first kappa shape index (κ1) is 12.3. The summed E-state index contributed by atoms with van der Waals surface area (Å²) in [6, 6.07) is 2.02. The van der Waals surface area contributed by atoms with E-state index in [1.54, 1.807) is 0 Å². The first-order valence-electron chi connectivity index (χ1n) is 6.60. The number of hydrogen-bond acceptors (Lipinski definition) is 2. The minimum Gasteiger partial charge on any atom is -0.299 e. The van der Waals surface area contributed by atoms with Crippen molar-refractivity contribution < 1.29 is 4.79 Å². The molecule has 0 N–H and O–H groups in total. The molecule has 1 aliphatic carbocycles. The minimum absolute atomic E-state index is 0.0296. The van der Waals surface area contributed by atoms with Crippen molar-refractivity contribution in [2.24, 2.45) is 12.5 Å². The van der Waals surface area contributed by atoms with Crippen molar-refractivity contribution in [3.05, 3.63) is 17.5 Å². The van der Waals surface area contributed by atoms with Crippen molar-refractivity contribution in [2.45, 2.75) is 52.4 Å². The van der Waals surface area contributed by atoms with Gasteiger partial charge in [-0.05, 0) is 32.3 Å². The highest BCUT2D eigenvalue weighted by Crippen LogP contribution is 2.42. The van der Waals surface area contributed by atoms with E-state index in [4.69, 9.17) is 0 Å². The molecule has 2 rings (SSSR count). The summed E-state index contributed by atoms with van der Waals surface area (Å²) in [5.74, 6) is 0.417. The van der Waals surface area contributed by atoms with Gasteiger partial charge in [-0.15, -0.1) is 0 Å². The molecule has 94 valence electrons. The lowest BCUT2D eigenvalue weighted by molar-refractivity contribution is -0.128. The summed E-state index contributed by atoms with van der Waals surface area (Å²) in [5.41, 5.74) is 2.01. The van der Waals surface area contributed by atoms with E-state index in [1.165, 1.54) is 12.8 Å². The molecular formula is C14H22N2O. The fourth-order valence-electron chi connectivity index (χ4n) is 3.06. The second-order valence-electron chi connectivity index (χ2n) is 5.34. The molecule has 1 saturated carbocycles. The molecule has 0 bridgehead atoms. The Morgan fingerprint density at radius 1 is 1.47 bits per heavy atom. The normalized spacial score (nSPS) is 18.5. The summed E-state index contributed by atoms with van der Waals surface area (Å²) >= 11 is 0. The molecule has 0 spiro atoms. The van der Waals surface area contributed by atoms with Crippen LogP contribution in [0, 0.1) is 12.3 Å². The van der Waals surface area contributed by atoms with E-state index in [9.17, 15) is 4.79 Å². The highest BCUT2D eigenvalue weighted by atomic mass is 16.1. The van der Waals surface area contributed by atoms with Crippen LogP contribution in [-0.4, -0.2) is 15.6 Å². The van der Waals surface area contributed by atoms with E-state index in [0.717, 1.165) is 30.7 Å². The van der Waals surface area contributed by atoms with Crippen LogP contribution in [-0.2, 0) is 18.3 Å². The third kappa shape index (κ3) is 2.28. The quantitative estimate of drug-likeness (QED) is 0.803. The van der Waals surface area contributed by atoms with Crippen LogP contribution in [0.3, 0.4) is 0 Å². The van der Waals surface area contributed by atoms with Gasteiger partial charge in [-0.25, -0.2) is 0 Å². The maximum atomic E-state index is 12.5. The van der Waals surface area contributed by atoms with Crippen LogP contribution in [0.25, 0.3) is 0 Å². The highest BCUT2D eigenvalue weighted by molar-refractivity contribution is 5.86. The second-order valence-corrected chi connectivity index (χ2v) is 5.34. The number of rotatable bonds is 4. The number of aromatic nitrogens is 2. The van der Waals surface area contributed by atoms with Gasteiger partial charge >= 0.3 is 0 Å². The summed E-state index contributed by atoms with van der Waals surface area (Å²) in [6.45, 7) is 4.12. The molecule has 0 unspecified atom stereocenters. The molecule has 0 saturated heterocycles. The zero-order valence-electron chi connectivity index (χ0n) is 11.1. The van der Waals surface area contributed by atoms with E-state index in [-0.39, 0.29) is 5.41 Å². The van der Waals surface area contributed by atoms with Crippen molar-refractivity contribution in [1.82, 2.24) is 9.78 Å². The molecule has 1 heterocycles. The lowest BCUT2D eigenvalue weighted by Crippen LogP contribution is -2.29. The molecule has 1 aromatic rings. The fourth-order valence-corrected chi connectivity index (χ4v) is 3.06. The van der Waals surface area contributed by atoms with Gasteiger partial charge in [-0.3, -0.25) is 9.48 Å². The summed E-state index contributed by atoms with van der Waals surface area (Å²) in [6.07, 6.45) is 6.13. The molecule has 0 atom stereocenters. The van der Waals surface area contributed by atoms with E-state index < -0.39 is 0 Å². The number of carbonyl (C=O) groups is 1. The Morgan fingerprint density at radius 2 is 2.12 bits per heavy atom. The largest absolute Gasteiger partial charge is 0.299 e.